The van der Waals surface area contributed by atoms with Gasteiger partial charge >= 0.3 is 11.7 Å². The Kier molecular flexibility index (Phi) is 4.46. The summed E-state index contributed by atoms with van der Waals surface area (Å²) in [6.45, 7) is 7.16. The molecule has 0 amide bonds. The van der Waals surface area contributed by atoms with E-state index in [-0.39, 0.29) is 11.7 Å². The number of aromatic nitrogens is 2. The van der Waals surface area contributed by atoms with Crippen molar-refractivity contribution >= 4 is 5.97 Å². The number of aliphatic carboxylic acids is 1. The van der Waals surface area contributed by atoms with Crippen LogP contribution in [0.4, 0.5) is 0 Å². The molecule has 116 valence electrons. The second-order valence-electron chi connectivity index (χ2n) is 6.06. The minimum absolute atomic E-state index is 0.134. The zero-order chi connectivity index (χ0) is 15.7. The lowest BCUT2D eigenvalue weighted by Gasteiger charge is -2.21. The maximum Gasteiger partial charge on any atom is 0.348 e. The van der Waals surface area contributed by atoms with Crippen molar-refractivity contribution in [1.82, 2.24) is 14.5 Å². The number of carboxylic acids is 1. The molecule has 0 aliphatic carbocycles. The molecule has 0 spiro atoms. The summed E-state index contributed by atoms with van der Waals surface area (Å²) in [5.74, 6) is -1.31. The normalized spacial score (nSPS) is 20.7. The number of carbonyl (C=O) groups is 1. The zero-order valence-corrected chi connectivity index (χ0v) is 13.1. The lowest BCUT2D eigenvalue weighted by molar-refractivity contribution is -0.141. The second-order valence-corrected chi connectivity index (χ2v) is 6.06. The number of carboxylic acid groups (broad SMARTS) is 1. The van der Waals surface area contributed by atoms with Gasteiger partial charge in [-0.25, -0.2) is 4.79 Å². The van der Waals surface area contributed by atoms with Crippen LogP contribution >= 0.6 is 0 Å². The average Bonchev–Trinajstić information content (AvgIpc) is 2.80. The van der Waals surface area contributed by atoms with Gasteiger partial charge in [-0.15, -0.1) is 0 Å². The number of aryl methyl sites for hydroxylation is 1. The molecule has 2 atom stereocenters. The molecule has 1 N–H and O–H groups in total. The first-order chi connectivity index (χ1) is 9.81. The predicted molar refractivity (Wildman–Crippen MR) is 79.6 cm³/mol. The Morgan fingerprint density at radius 2 is 2.14 bits per heavy atom. The lowest BCUT2D eigenvalue weighted by Crippen LogP contribution is -2.33. The van der Waals surface area contributed by atoms with E-state index >= 15 is 0 Å². The third kappa shape index (κ3) is 3.15. The summed E-state index contributed by atoms with van der Waals surface area (Å²) in [5, 5.41) is 9.10. The molecule has 1 fully saturated rings. The van der Waals surface area contributed by atoms with Crippen molar-refractivity contribution in [3.63, 3.8) is 0 Å². The number of nitrogens with zero attached hydrogens (tertiary/aromatic N) is 3. The molecule has 1 aliphatic heterocycles. The van der Waals surface area contributed by atoms with Gasteiger partial charge in [-0.2, -0.15) is 4.98 Å². The highest BCUT2D eigenvalue weighted by molar-refractivity contribution is 5.70. The van der Waals surface area contributed by atoms with Crippen LogP contribution in [0.15, 0.2) is 4.79 Å². The van der Waals surface area contributed by atoms with Gasteiger partial charge in [0.1, 0.15) is 0 Å². The largest absolute Gasteiger partial charge is 0.481 e. The fraction of sp³-hybridized carbons (Fsp3) is 0.667. The molecule has 2 unspecified atom stereocenters. The molecule has 6 heteroatoms. The van der Waals surface area contributed by atoms with E-state index in [1.54, 1.807) is 18.4 Å². The third-order valence-electron chi connectivity index (χ3n) is 4.37. The Bertz CT molecular complexity index is 609. The Hall–Kier alpha value is -1.69. The van der Waals surface area contributed by atoms with Crippen LogP contribution in [0, 0.1) is 19.8 Å². The van der Waals surface area contributed by atoms with Crippen LogP contribution in [0.1, 0.15) is 36.3 Å². The predicted octanol–water partition coefficient (Wildman–Crippen LogP) is 1.000. The molecule has 1 aromatic rings. The number of likely N-dealkylation sites (tertiary alicyclic amines) is 1. The van der Waals surface area contributed by atoms with Gasteiger partial charge < -0.3 is 10.0 Å². The van der Waals surface area contributed by atoms with Gasteiger partial charge in [0.25, 0.3) is 0 Å². The first-order valence-electron chi connectivity index (χ1n) is 7.31. The molecule has 2 rings (SSSR count). The molecular weight excluding hydrogens is 270 g/mol. The van der Waals surface area contributed by atoms with E-state index in [2.05, 4.69) is 9.88 Å². The van der Waals surface area contributed by atoms with Gasteiger partial charge in [0, 0.05) is 17.9 Å². The van der Waals surface area contributed by atoms with Gasteiger partial charge in [0.15, 0.2) is 0 Å². The fourth-order valence-corrected chi connectivity index (χ4v) is 3.06. The van der Waals surface area contributed by atoms with E-state index in [1.165, 1.54) is 0 Å². The Labute approximate surface area is 124 Å². The van der Waals surface area contributed by atoms with Crippen molar-refractivity contribution < 1.29 is 9.90 Å². The van der Waals surface area contributed by atoms with Crippen molar-refractivity contribution in [2.24, 2.45) is 5.92 Å². The molecule has 6 nitrogen and oxygen atoms in total. The molecule has 1 aliphatic rings. The van der Waals surface area contributed by atoms with Crippen molar-refractivity contribution in [1.29, 1.82) is 0 Å². The SMILES string of the molecule is Cc1nc(=O)n(C2CCN(C)C2)c(C)c1CC(C)C(=O)O. The topological polar surface area (TPSA) is 75.4 Å². The minimum atomic E-state index is -0.827. The Morgan fingerprint density at radius 1 is 1.48 bits per heavy atom. The van der Waals surface area contributed by atoms with Crippen LogP contribution in [0.2, 0.25) is 0 Å². The summed E-state index contributed by atoms with van der Waals surface area (Å²) >= 11 is 0. The van der Waals surface area contributed by atoms with E-state index in [9.17, 15) is 9.59 Å². The summed E-state index contributed by atoms with van der Waals surface area (Å²) in [7, 11) is 2.04. The molecule has 0 saturated carbocycles. The highest BCUT2D eigenvalue weighted by atomic mass is 16.4. The third-order valence-corrected chi connectivity index (χ3v) is 4.37. The van der Waals surface area contributed by atoms with Crippen LogP contribution in [0.25, 0.3) is 0 Å². The van der Waals surface area contributed by atoms with Gasteiger partial charge in [0.05, 0.1) is 12.0 Å². The first-order valence-corrected chi connectivity index (χ1v) is 7.31. The molecule has 1 saturated heterocycles. The first kappa shape index (κ1) is 15.7. The van der Waals surface area contributed by atoms with Crippen LogP contribution in [-0.4, -0.2) is 45.7 Å². The summed E-state index contributed by atoms with van der Waals surface area (Å²) in [4.78, 5) is 29.6. The van der Waals surface area contributed by atoms with E-state index in [4.69, 9.17) is 5.11 Å². The van der Waals surface area contributed by atoms with Crippen molar-refractivity contribution in [2.45, 2.75) is 39.7 Å². The van der Waals surface area contributed by atoms with Gasteiger partial charge in [-0.05, 0) is 45.8 Å². The van der Waals surface area contributed by atoms with Crippen molar-refractivity contribution in [3.05, 3.63) is 27.4 Å². The maximum atomic E-state index is 12.2. The Balaban J connectivity index is 2.43. The molecule has 0 bridgehead atoms. The van der Waals surface area contributed by atoms with Crippen LogP contribution in [-0.2, 0) is 11.2 Å². The van der Waals surface area contributed by atoms with Gasteiger partial charge in [-0.1, -0.05) is 6.92 Å². The monoisotopic (exact) mass is 293 g/mol. The maximum absolute atomic E-state index is 12.2. The van der Waals surface area contributed by atoms with Gasteiger partial charge in [-0.3, -0.25) is 9.36 Å². The van der Waals surface area contributed by atoms with Crippen LogP contribution < -0.4 is 5.69 Å². The van der Waals surface area contributed by atoms with Crippen LogP contribution in [0.5, 0.6) is 0 Å². The fourth-order valence-electron chi connectivity index (χ4n) is 3.06. The number of likely N-dealkylation sites (N-methyl/N-ethyl adjacent to an activating group) is 1. The summed E-state index contributed by atoms with van der Waals surface area (Å²) in [5.41, 5.74) is 2.17. The zero-order valence-electron chi connectivity index (χ0n) is 13.1. The van der Waals surface area contributed by atoms with E-state index < -0.39 is 11.9 Å². The van der Waals surface area contributed by atoms with E-state index in [0.717, 1.165) is 30.8 Å². The van der Waals surface area contributed by atoms with Crippen molar-refractivity contribution in [3.8, 4) is 0 Å². The molecule has 0 radical (unpaired) electrons. The van der Waals surface area contributed by atoms with E-state index in [0.29, 0.717) is 12.1 Å². The standard InChI is InChI=1S/C15H23N3O3/c1-9(14(19)20)7-13-10(2)16-15(21)18(11(13)3)12-5-6-17(4)8-12/h9,12H,5-8H2,1-4H3,(H,19,20). The van der Waals surface area contributed by atoms with Gasteiger partial charge in [0.2, 0.25) is 0 Å². The summed E-state index contributed by atoms with van der Waals surface area (Å²) < 4.78 is 1.75. The molecule has 0 aromatic carbocycles. The lowest BCUT2D eigenvalue weighted by atomic mass is 9.98. The van der Waals surface area contributed by atoms with Crippen molar-refractivity contribution in [2.75, 3.05) is 20.1 Å². The minimum Gasteiger partial charge on any atom is -0.481 e. The molecule has 2 heterocycles. The Morgan fingerprint density at radius 3 is 2.67 bits per heavy atom. The number of hydrogen-bond donors (Lipinski definition) is 1. The molecule has 21 heavy (non-hydrogen) atoms. The highest BCUT2D eigenvalue weighted by Crippen LogP contribution is 2.23. The van der Waals surface area contributed by atoms with Crippen LogP contribution in [0.3, 0.4) is 0 Å². The highest BCUT2D eigenvalue weighted by Gasteiger charge is 2.26. The molecular formula is C15H23N3O3. The number of rotatable bonds is 4. The molecule has 1 aromatic heterocycles. The number of hydrogen-bond acceptors (Lipinski definition) is 4. The quantitative estimate of drug-likeness (QED) is 0.896. The summed E-state index contributed by atoms with van der Waals surface area (Å²) in [6.07, 6.45) is 1.33. The summed E-state index contributed by atoms with van der Waals surface area (Å²) in [6, 6.07) is 0.134. The second kappa shape index (κ2) is 5.97. The van der Waals surface area contributed by atoms with E-state index in [1.807, 2.05) is 14.0 Å². The average molecular weight is 293 g/mol. The smallest absolute Gasteiger partial charge is 0.348 e.